The number of hydrogen-bond acceptors (Lipinski definition) is 1. The fourth-order valence-electron chi connectivity index (χ4n) is 1.92. The molecule has 0 aliphatic heterocycles. The van der Waals surface area contributed by atoms with Gasteiger partial charge in [-0.3, -0.25) is 0 Å². The molecule has 1 unspecified atom stereocenters. The quantitative estimate of drug-likeness (QED) is 0.902. The minimum absolute atomic E-state index is 0.185. The Kier molecular flexibility index (Phi) is 4.09. The number of hydrogen-bond donors (Lipinski definition) is 1. The van der Waals surface area contributed by atoms with E-state index in [1.165, 1.54) is 24.3 Å². The van der Waals surface area contributed by atoms with Gasteiger partial charge in [0.15, 0.2) is 0 Å². The fourth-order valence-corrected chi connectivity index (χ4v) is 2.50. The van der Waals surface area contributed by atoms with Crippen LogP contribution in [0.3, 0.4) is 0 Å². The summed E-state index contributed by atoms with van der Waals surface area (Å²) in [6.45, 7) is 0. The Bertz CT molecular complexity index is 557. The van der Waals surface area contributed by atoms with Crippen LogP contribution in [0.25, 0.3) is 0 Å². The third kappa shape index (κ3) is 2.76. The van der Waals surface area contributed by atoms with Gasteiger partial charge in [-0.25, -0.2) is 8.78 Å². The summed E-state index contributed by atoms with van der Waals surface area (Å²) in [5, 5.41) is 3.10. The lowest BCUT2D eigenvalue weighted by Crippen LogP contribution is -2.18. The van der Waals surface area contributed by atoms with E-state index < -0.39 is 0 Å². The van der Waals surface area contributed by atoms with Gasteiger partial charge in [0.2, 0.25) is 0 Å². The van der Waals surface area contributed by atoms with Crippen LogP contribution >= 0.6 is 15.9 Å². The van der Waals surface area contributed by atoms with Gasteiger partial charge in [0, 0.05) is 4.47 Å². The van der Waals surface area contributed by atoms with Gasteiger partial charge in [0.25, 0.3) is 0 Å². The number of nitrogens with one attached hydrogen (secondary N) is 1. The van der Waals surface area contributed by atoms with E-state index >= 15 is 0 Å². The minimum Gasteiger partial charge on any atom is -0.309 e. The van der Waals surface area contributed by atoms with Crippen molar-refractivity contribution in [3.63, 3.8) is 0 Å². The van der Waals surface area contributed by atoms with Crippen LogP contribution in [-0.2, 0) is 0 Å². The highest BCUT2D eigenvalue weighted by atomic mass is 79.9. The van der Waals surface area contributed by atoms with Crippen LogP contribution in [0, 0.1) is 11.6 Å². The first kappa shape index (κ1) is 13.2. The molecule has 4 heteroatoms. The Morgan fingerprint density at radius 2 is 1.78 bits per heavy atom. The first-order valence-electron chi connectivity index (χ1n) is 5.49. The van der Waals surface area contributed by atoms with Crippen molar-refractivity contribution in [3.05, 3.63) is 69.7 Å². The minimum atomic E-state index is -0.306. The molecule has 2 rings (SSSR count). The molecule has 0 spiro atoms. The second kappa shape index (κ2) is 5.59. The summed E-state index contributed by atoms with van der Waals surface area (Å²) < 4.78 is 27.0. The first-order chi connectivity index (χ1) is 8.61. The maximum absolute atomic E-state index is 13.2. The van der Waals surface area contributed by atoms with E-state index in [4.69, 9.17) is 0 Å². The molecule has 1 nitrogen and oxygen atoms in total. The highest BCUT2D eigenvalue weighted by Crippen LogP contribution is 2.29. The first-order valence-corrected chi connectivity index (χ1v) is 6.29. The van der Waals surface area contributed by atoms with Crippen LogP contribution in [0.5, 0.6) is 0 Å². The lowest BCUT2D eigenvalue weighted by molar-refractivity contribution is 0.612. The van der Waals surface area contributed by atoms with E-state index in [0.717, 1.165) is 11.1 Å². The average molecular weight is 312 g/mol. The summed E-state index contributed by atoms with van der Waals surface area (Å²) in [5.41, 5.74) is 1.66. The molecule has 0 saturated heterocycles. The van der Waals surface area contributed by atoms with E-state index in [2.05, 4.69) is 21.2 Å². The topological polar surface area (TPSA) is 12.0 Å². The van der Waals surface area contributed by atoms with Crippen molar-refractivity contribution < 1.29 is 8.78 Å². The molecule has 0 aliphatic rings. The van der Waals surface area contributed by atoms with E-state index in [0.29, 0.717) is 4.47 Å². The van der Waals surface area contributed by atoms with Crippen molar-refractivity contribution in [1.82, 2.24) is 5.32 Å². The third-order valence-corrected chi connectivity index (χ3v) is 3.43. The van der Waals surface area contributed by atoms with Crippen LogP contribution in [0.15, 0.2) is 46.9 Å². The highest BCUT2D eigenvalue weighted by Gasteiger charge is 2.15. The summed E-state index contributed by atoms with van der Waals surface area (Å²) >= 11 is 3.33. The van der Waals surface area contributed by atoms with Crippen LogP contribution in [-0.4, -0.2) is 7.05 Å². The molecule has 0 saturated carbocycles. The van der Waals surface area contributed by atoms with Gasteiger partial charge in [-0.2, -0.15) is 0 Å². The van der Waals surface area contributed by atoms with Crippen molar-refractivity contribution in [2.24, 2.45) is 0 Å². The largest absolute Gasteiger partial charge is 0.309 e. The highest BCUT2D eigenvalue weighted by molar-refractivity contribution is 9.10. The zero-order valence-corrected chi connectivity index (χ0v) is 11.3. The molecule has 0 fully saturated rings. The predicted octanol–water partition coefficient (Wildman–Crippen LogP) is 4.04. The SMILES string of the molecule is CNC(c1cccc(F)c1)c1ccc(F)cc1Br. The summed E-state index contributed by atoms with van der Waals surface area (Å²) in [5.74, 6) is -0.592. The van der Waals surface area contributed by atoms with Gasteiger partial charge in [-0.05, 0) is 42.4 Å². The number of rotatable bonds is 3. The molecule has 0 heterocycles. The lowest BCUT2D eigenvalue weighted by Gasteiger charge is -2.18. The summed E-state index contributed by atoms with van der Waals surface area (Å²) in [4.78, 5) is 0. The third-order valence-electron chi connectivity index (χ3n) is 2.74. The van der Waals surface area contributed by atoms with Crippen molar-refractivity contribution in [2.75, 3.05) is 7.05 Å². The van der Waals surface area contributed by atoms with E-state index in [1.54, 1.807) is 19.2 Å². The molecule has 2 aromatic carbocycles. The van der Waals surface area contributed by atoms with Gasteiger partial charge in [0.1, 0.15) is 11.6 Å². The zero-order valence-electron chi connectivity index (χ0n) is 9.75. The Morgan fingerprint density at radius 1 is 1.06 bits per heavy atom. The average Bonchev–Trinajstić information content (AvgIpc) is 2.33. The molecule has 1 N–H and O–H groups in total. The summed E-state index contributed by atoms with van der Waals surface area (Å²) in [6, 6.07) is 10.7. The Morgan fingerprint density at radius 3 is 2.39 bits per heavy atom. The van der Waals surface area contributed by atoms with Crippen LogP contribution < -0.4 is 5.32 Å². The van der Waals surface area contributed by atoms with E-state index in [-0.39, 0.29) is 17.7 Å². The Balaban J connectivity index is 2.45. The van der Waals surface area contributed by atoms with E-state index in [1.807, 2.05) is 6.07 Å². The maximum Gasteiger partial charge on any atom is 0.124 e. The molecule has 1 atom stereocenters. The Labute approximate surface area is 113 Å². The molecule has 2 aromatic rings. The van der Waals surface area contributed by atoms with Crippen molar-refractivity contribution in [2.45, 2.75) is 6.04 Å². The smallest absolute Gasteiger partial charge is 0.124 e. The molecule has 0 aromatic heterocycles. The summed E-state index contributed by atoms with van der Waals surface area (Å²) in [6.07, 6.45) is 0. The van der Waals surface area contributed by atoms with Gasteiger partial charge < -0.3 is 5.32 Å². The maximum atomic E-state index is 13.2. The normalized spacial score (nSPS) is 12.4. The van der Waals surface area contributed by atoms with Gasteiger partial charge in [-0.1, -0.05) is 34.1 Å². The molecule has 0 amide bonds. The predicted molar refractivity (Wildman–Crippen MR) is 71.4 cm³/mol. The number of benzene rings is 2. The Hall–Kier alpha value is -1.26. The molecular weight excluding hydrogens is 300 g/mol. The number of halogens is 3. The van der Waals surface area contributed by atoms with Gasteiger partial charge in [0.05, 0.1) is 6.04 Å². The summed E-state index contributed by atoms with van der Waals surface area (Å²) in [7, 11) is 1.78. The second-order valence-corrected chi connectivity index (χ2v) is 4.80. The van der Waals surface area contributed by atoms with Crippen LogP contribution in [0.1, 0.15) is 17.2 Å². The lowest BCUT2D eigenvalue weighted by atomic mass is 9.99. The van der Waals surface area contributed by atoms with Gasteiger partial charge in [-0.15, -0.1) is 0 Å². The second-order valence-electron chi connectivity index (χ2n) is 3.94. The van der Waals surface area contributed by atoms with Crippen LogP contribution in [0.2, 0.25) is 0 Å². The molecule has 18 heavy (non-hydrogen) atoms. The monoisotopic (exact) mass is 311 g/mol. The van der Waals surface area contributed by atoms with Crippen molar-refractivity contribution in [3.8, 4) is 0 Å². The van der Waals surface area contributed by atoms with Gasteiger partial charge >= 0.3 is 0 Å². The fraction of sp³-hybridized carbons (Fsp3) is 0.143. The standard InChI is InChI=1S/C14H12BrF2N/c1-18-14(9-3-2-4-10(16)7-9)12-6-5-11(17)8-13(12)15/h2-8,14,18H,1H3. The molecule has 0 bridgehead atoms. The van der Waals surface area contributed by atoms with Crippen LogP contribution in [0.4, 0.5) is 8.78 Å². The van der Waals surface area contributed by atoms with Crippen molar-refractivity contribution in [1.29, 1.82) is 0 Å². The van der Waals surface area contributed by atoms with E-state index in [9.17, 15) is 8.78 Å². The van der Waals surface area contributed by atoms with Crippen molar-refractivity contribution >= 4 is 15.9 Å². The molecule has 0 radical (unpaired) electrons. The zero-order chi connectivity index (χ0) is 13.1. The molecular formula is C14H12BrF2N. The molecule has 94 valence electrons. The molecule has 0 aliphatic carbocycles.